The van der Waals surface area contributed by atoms with Crippen LogP contribution in [0.25, 0.3) is 0 Å². The van der Waals surface area contributed by atoms with Crippen LogP contribution in [0.2, 0.25) is 5.02 Å². The summed E-state index contributed by atoms with van der Waals surface area (Å²) in [6, 6.07) is 8.76. The number of carbonyl (C=O) groups excluding carboxylic acids is 2. The Hall–Kier alpha value is -2.56. The maximum Gasteiger partial charge on any atom is 0.340 e. The normalized spacial score (nSPS) is 11.7. The van der Waals surface area contributed by atoms with Crippen molar-refractivity contribution in [3.8, 4) is 5.75 Å². The third kappa shape index (κ3) is 5.78. The molecule has 2 aromatic heterocycles. The van der Waals surface area contributed by atoms with Crippen LogP contribution < -0.4 is 10.1 Å². The number of thioether (sulfide) groups is 1. The third-order valence-electron chi connectivity index (χ3n) is 4.19. The predicted octanol–water partition coefficient (Wildman–Crippen LogP) is 4.67. The molecule has 0 spiro atoms. The number of ether oxygens (including phenoxy) is 2. The highest BCUT2D eigenvalue weighted by Gasteiger charge is 2.20. The Morgan fingerprint density at radius 1 is 1.32 bits per heavy atom. The monoisotopic (exact) mass is 480 g/mol. The number of aromatic nitrogens is 3. The minimum atomic E-state index is -0.492. The van der Waals surface area contributed by atoms with Crippen LogP contribution in [-0.2, 0) is 16.1 Å². The lowest BCUT2D eigenvalue weighted by atomic mass is 10.3. The number of thiophene rings is 1. The average molecular weight is 481 g/mol. The first-order chi connectivity index (χ1) is 14.9. The van der Waals surface area contributed by atoms with Crippen molar-refractivity contribution in [2.45, 2.75) is 31.7 Å². The van der Waals surface area contributed by atoms with Crippen LogP contribution in [0.5, 0.6) is 5.75 Å². The summed E-state index contributed by atoms with van der Waals surface area (Å²) in [5.41, 5.74) is 0.330. The zero-order chi connectivity index (χ0) is 22.4. The van der Waals surface area contributed by atoms with Crippen molar-refractivity contribution in [1.82, 2.24) is 14.8 Å². The summed E-state index contributed by atoms with van der Waals surface area (Å²) in [6.45, 7) is 4.47. The van der Waals surface area contributed by atoms with Gasteiger partial charge in [-0.15, -0.1) is 21.5 Å². The van der Waals surface area contributed by atoms with Crippen LogP contribution in [0.4, 0.5) is 5.00 Å². The largest absolute Gasteiger partial charge is 0.483 e. The first-order valence-electron chi connectivity index (χ1n) is 9.36. The SMILES string of the molecule is CCn1c(SCC(=O)Nc2sccc2C(=O)OC)nnc1C(C)Oc1cccc(Cl)c1. The van der Waals surface area contributed by atoms with E-state index in [0.29, 0.717) is 38.9 Å². The molecule has 0 aliphatic heterocycles. The number of methoxy groups -OCH3 is 1. The quantitative estimate of drug-likeness (QED) is 0.351. The maximum absolute atomic E-state index is 12.4. The van der Waals surface area contributed by atoms with Gasteiger partial charge in [-0.05, 0) is 43.5 Å². The number of carbonyl (C=O) groups is 2. The minimum absolute atomic E-state index is 0.111. The lowest BCUT2D eigenvalue weighted by molar-refractivity contribution is -0.113. The molecule has 1 unspecified atom stereocenters. The first kappa shape index (κ1) is 23.1. The Bertz CT molecular complexity index is 1070. The highest BCUT2D eigenvalue weighted by atomic mass is 35.5. The highest BCUT2D eigenvalue weighted by molar-refractivity contribution is 7.99. The van der Waals surface area contributed by atoms with E-state index < -0.39 is 5.97 Å². The topological polar surface area (TPSA) is 95.3 Å². The van der Waals surface area contributed by atoms with Gasteiger partial charge in [-0.1, -0.05) is 29.4 Å². The number of amides is 1. The molecule has 164 valence electrons. The zero-order valence-electron chi connectivity index (χ0n) is 17.1. The number of benzene rings is 1. The molecule has 0 aliphatic rings. The second-order valence-corrected chi connectivity index (χ2v) is 8.59. The van der Waals surface area contributed by atoms with E-state index in [-0.39, 0.29) is 17.8 Å². The van der Waals surface area contributed by atoms with Crippen LogP contribution in [-0.4, -0.2) is 39.5 Å². The van der Waals surface area contributed by atoms with Crippen LogP contribution in [0.1, 0.15) is 36.1 Å². The second kappa shape index (κ2) is 10.7. The van der Waals surface area contributed by atoms with Crippen molar-refractivity contribution < 1.29 is 19.1 Å². The fourth-order valence-corrected chi connectivity index (χ4v) is 4.55. The highest BCUT2D eigenvalue weighted by Crippen LogP contribution is 2.27. The van der Waals surface area contributed by atoms with E-state index in [1.807, 2.05) is 30.5 Å². The molecule has 0 fully saturated rings. The van der Waals surface area contributed by atoms with Crippen molar-refractivity contribution in [2.24, 2.45) is 0 Å². The molecular formula is C20H21ClN4O4S2. The summed E-state index contributed by atoms with van der Waals surface area (Å²) >= 11 is 8.53. The van der Waals surface area contributed by atoms with Crippen LogP contribution in [0.3, 0.4) is 0 Å². The molecule has 1 atom stereocenters. The molecule has 0 bridgehead atoms. The van der Waals surface area contributed by atoms with E-state index in [9.17, 15) is 9.59 Å². The van der Waals surface area contributed by atoms with E-state index in [0.717, 1.165) is 0 Å². The molecule has 11 heteroatoms. The molecule has 1 N–H and O–H groups in total. The van der Waals surface area contributed by atoms with Crippen molar-refractivity contribution in [3.05, 3.63) is 52.1 Å². The Labute approximate surface area is 192 Å². The van der Waals surface area contributed by atoms with Gasteiger partial charge in [0, 0.05) is 11.6 Å². The average Bonchev–Trinajstić information content (AvgIpc) is 3.38. The summed E-state index contributed by atoms with van der Waals surface area (Å²) in [7, 11) is 1.30. The van der Waals surface area contributed by atoms with Crippen molar-refractivity contribution in [2.75, 3.05) is 18.2 Å². The molecule has 3 rings (SSSR count). The van der Waals surface area contributed by atoms with Crippen LogP contribution >= 0.6 is 34.7 Å². The molecule has 2 heterocycles. The molecule has 0 saturated heterocycles. The van der Waals surface area contributed by atoms with E-state index in [2.05, 4.69) is 15.5 Å². The molecule has 0 radical (unpaired) electrons. The van der Waals surface area contributed by atoms with Crippen LogP contribution in [0, 0.1) is 0 Å². The Kier molecular flexibility index (Phi) is 7.94. The third-order valence-corrected chi connectivity index (χ3v) is 6.22. The molecule has 1 amide bonds. The van der Waals surface area contributed by atoms with Gasteiger partial charge in [-0.2, -0.15) is 0 Å². The molecule has 0 aliphatic carbocycles. The van der Waals surface area contributed by atoms with Gasteiger partial charge in [-0.3, -0.25) is 4.79 Å². The van der Waals surface area contributed by atoms with Gasteiger partial charge in [0.2, 0.25) is 5.91 Å². The molecule has 8 nitrogen and oxygen atoms in total. The molecular weight excluding hydrogens is 460 g/mol. The summed E-state index contributed by atoms with van der Waals surface area (Å²) < 4.78 is 12.6. The van der Waals surface area contributed by atoms with Gasteiger partial charge < -0.3 is 19.4 Å². The molecule has 1 aromatic carbocycles. The van der Waals surface area contributed by atoms with Gasteiger partial charge in [0.15, 0.2) is 17.1 Å². The van der Waals surface area contributed by atoms with Crippen molar-refractivity contribution in [3.63, 3.8) is 0 Å². The number of nitrogens with zero attached hydrogens (tertiary/aromatic N) is 3. The van der Waals surface area contributed by atoms with Crippen molar-refractivity contribution in [1.29, 1.82) is 0 Å². The number of nitrogens with one attached hydrogen (secondary N) is 1. The number of rotatable bonds is 9. The second-order valence-electron chi connectivity index (χ2n) is 6.29. The standard InChI is InChI=1S/C20H21ClN4O4S2/c1-4-25-17(12(2)29-14-7-5-6-13(21)10-14)23-24-20(25)31-11-16(26)22-18-15(8-9-30-18)19(27)28-3/h5-10,12H,4,11H2,1-3H3,(H,22,26). The molecule has 3 aromatic rings. The van der Waals surface area contributed by atoms with E-state index in [1.54, 1.807) is 23.6 Å². The fourth-order valence-electron chi connectivity index (χ4n) is 2.77. The Morgan fingerprint density at radius 2 is 2.13 bits per heavy atom. The van der Waals surface area contributed by atoms with Gasteiger partial charge >= 0.3 is 5.97 Å². The summed E-state index contributed by atoms with van der Waals surface area (Å²) in [5, 5.41) is 14.6. The van der Waals surface area contributed by atoms with E-state index >= 15 is 0 Å². The van der Waals surface area contributed by atoms with Gasteiger partial charge in [-0.25, -0.2) is 4.79 Å². The lowest BCUT2D eigenvalue weighted by Crippen LogP contribution is -2.16. The number of esters is 1. The van der Waals surface area contributed by atoms with Gasteiger partial charge in [0.05, 0.1) is 18.4 Å². The first-order valence-corrected chi connectivity index (χ1v) is 11.6. The number of halogens is 1. The predicted molar refractivity (Wildman–Crippen MR) is 121 cm³/mol. The maximum atomic E-state index is 12.4. The van der Waals surface area contributed by atoms with E-state index in [1.165, 1.54) is 30.2 Å². The molecule has 31 heavy (non-hydrogen) atoms. The lowest BCUT2D eigenvalue weighted by Gasteiger charge is -2.15. The summed E-state index contributed by atoms with van der Waals surface area (Å²) in [6.07, 6.45) is -0.358. The number of anilines is 1. The van der Waals surface area contributed by atoms with Gasteiger partial charge in [0.25, 0.3) is 0 Å². The molecule has 0 saturated carbocycles. The number of hydrogen-bond acceptors (Lipinski definition) is 8. The number of hydrogen-bond donors (Lipinski definition) is 1. The fraction of sp³-hybridized carbons (Fsp3) is 0.300. The summed E-state index contributed by atoms with van der Waals surface area (Å²) in [5.74, 6) is 0.648. The van der Waals surface area contributed by atoms with Crippen LogP contribution in [0.15, 0.2) is 40.9 Å². The Morgan fingerprint density at radius 3 is 2.84 bits per heavy atom. The minimum Gasteiger partial charge on any atom is -0.483 e. The summed E-state index contributed by atoms with van der Waals surface area (Å²) in [4.78, 5) is 24.1. The zero-order valence-corrected chi connectivity index (χ0v) is 19.5. The Balaban J connectivity index is 1.63. The van der Waals surface area contributed by atoms with Gasteiger partial charge in [0.1, 0.15) is 10.8 Å². The smallest absolute Gasteiger partial charge is 0.340 e. The van der Waals surface area contributed by atoms with Crippen molar-refractivity contribution >= 4 is 51.6 Å². The van der Waals surface area contributed by atoms with E-state index in [4.69, 9.17) is 21.1 Å².